The molecular weight excluding hydrogens is 335 g/mol. The van der Waals surface area contributed by atoms with Crippen LogP contribution >= 0.6 is 0 Å². The maximum absolute atomic E-state index is 13.0. The molecule has 0 unspecified atom stereocenters. The van der Waals surface area contributed by atoms with Gasteiger partial charge in [0, 0.05) is 16.8 Å². The lowest BCUT2D eigenvalue weighted by Gasteiger charge is -2.04. The smallest absolute Gasteiger partial charge is 0.291 e. The third kappa shape index (κ3) is 3.25. The van der Waals surface area contributed by atoms with Gasteiger partial charge in [-0.2, -0.15) is 0 Å². The van der Waals surface area contributed by atoms with Gasteiger partial charge in [0.05, 0.1) is 6.20 Å². The van der Waals surface area contributed by atoms with Crippen molar-refractivity contribution in [2.45, 2.75) is 0 Å². The summed E-state index contributed by atoms with van der Waals surface area (Å²) >= 11 is 0. The van der Waals surface area contributed by atoms with Crippen molar-refractivity contribution >= 4 is 11.6 Å². The van der Waals surface area contributed by atoms with Crippen LogP contribution in [0.15, 0.2) is 82.1 Å². The molecule has 2 heterocycles. The second-order valence-corrected chi connectivity index (χ2v) is 5.57. The van der Waals surface area contributed by atoms with Crippen molar-refractivity contribution < 1.29 is 18.0 Å². The van der Waals surface area contributed by atoms with Gasteiger partial charge in [0.2, 0.25) is 0 Å². The van der Waals surface area contributed by atoms with Crippen LogP contribution in [0.2, 0.25) is 0 Å². The maximum Gasteiger partial charge on any atom is 0.291 e. The lowest BCUT2D eigenvalue weighted by molar-refractivity contribution is 0.0997. The molecule has 0 saturated heterocycles. The van der Waals surface area contributed by atoms with Crippen molar-refractivity contribution in [3.63, 3.8) is 0 Å². The minimum atomic E-state index is -0.370. The molecule has 0 atom stereocenters. The Bertz CT molecular complexity index is 1020. The number of anilines is 1. The molecule has 4 rings (SSSR count). The molecule has 1 amide bonds. The van der Waals surface area contributed by atoms with Crippen LogP contribution in [-0.4, -0.2) is 10.9 Å². The van der Waals surface area contributed by atoms with Crippen LogP contribution in [0.4, 0.5) is 10.1 Å². The van der Waals surface area contributed by atoms with Crippen molar-refractivity contribution in [2.24, 2.45) is 0 Å². The van der Waals surface area contributed by atoms with Crippen molar-refractivity contribution in [2.75, 3.05) is 5.32 Å². The molecule has 2 aromatic carbocycles. The third-order valence-corrected chi connectivity index (χ3v) is 3.82. The molecule has 2 aromatic heterocycles. The molecule has 0 aliphatic rings. The first kappa shape index (κ1) is 15.8. The highest BCUT2D eigenvalue weighted by molar-refractivity contribution is 6.02. The number of hydrogen-bond donors (Lipinski definition) is 1. The normalized spacial score (nSPS) is 10.7. The van der Waals surface area contributed by atoms with E-state index in [-0.39, 0.29) is 17.5 Å². The summed E-state index contributed by atoms with van der Waals surface area (Å²) in [5.74, 6) is 0.620. The van der Waals surface area contributed by atoms with E-state index in [1.165, 1.54) is 18.5 Å². The lowest BCUT2D eigenvalue weighted by Crippen LogP contribution is -2.10. The molecule has 0 radical (unpaired) electrons. The Balaban J connectivity index is 1.47. The van der Waals surface area contributed by atoms with Crippen LogP contribution < -0.4 is 5.32 Å². The third-order valence-electron chi connectivity index (χ3n) is 3.82. The van der Waals surface area contributed by atoms with E-state index in [2.05, 4.69) is 10.3 Å². The van der Waals surface area contributed by atoms with Crippen LogP contribution in [0.25, 0.3) is 22.6 Å². The molecule has 0 aliphatic heterocycles. The van der Waals surface area contributed by atoms with E-state index in [9.17, 15) is 9.18 Å². The Morgan fingerprint density at radius 2 is 1.58 bits per heavy atom. The minimum absolute atomic E-state index is 0.170. The Kier molecular flexibility index (Phi) is 4.07. The number of nitrogens with zero attached hydrogens (tertiary/aromatic N) is 1. The molecular formula is C20H13FN2O3. The zero-order valence-corrected chi connectivity index (χ0v) is 13.5. The number of hydrogen-bond acceptors (Lipinski definition) is 4. The lowest BCUT2D eigenvalue weighted by atomic mass is 10.1. The fraction of sp³-hybridized carbons (Fsp3) is 0. The van der Waals surface area contributed by atoms with Crippen LogP contribution in [-0.2, 0) is 0 Å². The molecule has 5 nitrogen and oxygen atoms in total. The number of nitrogens with one attached hydrogen (secondary N) is 1. The standard InChI is InChI=1S/C20H13FN2O3/c21-15-5-1-13(2-6-15)17-9-10-18(26-17)20(24)23-16-7-3-14(4-8-16)19-11-22-12-25-19/h1-12H,(H,23,24). The first-order valence-corrected chi connectivity index (χ1v) is 7.85. The van der Waals surface area contributed by atoms with Gasteiger partial charge in [-0.15, -0.1) is 0 Å². The predicted molar refractivity (Wildman–Crippen MR) is 94.0 cm³/mol. The number of aromatic nitrogens is 1. The summed E-state index contributed by atoms with van der Waals surface area (Å²) in [5.41, 5.74) is 2.18. The molecule has 0 spiro atoms. The quantitative estimate of drug-likeness (QED) is 0.564. The van der Waals surface area contributed by atoms with Gasteiger partial charge in [0.25, 0.3) is 5.91 Å². The molecule has 128 valence electrons. The molecule has 0 aliphatic carbocycles. The van der Waals surface area contributed by atoms with Gasteiger partial charge in [-0.25, -0.2) is 9.37 Å². The zero-order valence-electron chi connectivity index (χ0n) is 13.5. The van der Waals surface area contributed by atoms with Crippen LogP contribution in [0.5, 0.6) is 0 Å². The van der Waals surface area contributed by atoms with Crippen molar-refractivity contribution in [3.05, 3.63) is 84.8 Å². The van der Waals surface area contributed by atoms with Gasteiger partial charge in [-0.05, 0) is 60.7 Å². The number of carbonyl (C=O) groups is 1. The number of carbonyl (C=O) groups excluding carboxylic acids is 1. The second-order valence-electron chi connectivity index (χ2n) is 5.57. The number of furan rings is 1. The van der Waals surface area contributed by atoms with Crippen molar-refractivity contribution in [1.29, 1.82) is 0 Å². The minimum Gasteiger partial charge on any atom is -0.451 e. The molecule has 0 bridgehead atoms. The Morgan fingerprint density at radius 3 is 2.27 bits per heavy atom. The highest BCUT2D eigenvalue weighted by Crippen LogP contribution is 2.24. The zero-order chi connectivity index (χ0) is 17.9. The average Bonchev–Trinajstić information content (AvgIpc) is 3.35. The van der Waals surface area contributed by atoms with Gasteiger partial charge in [-0.3, -0.25) is 4.79 Å². The molecule has 4 aromatic rings. The van der Waals surface area contributed by atoms with Gasteiger partial charge in [0.1, 0.15) is 11.6 Å². The number of halogens is 1. The topological polar surface area (TPSA) is 68.3 Å². The summed E-state index contributed by atoms with van der Waals surface area (Å²) in [4.78, 5) is 16.2. The Morgan fingerprint density at radius 1 is 0.885 bits per heavy atom. The van der Waals surface area contributed by atoms with Crippen molar-refractivity contribution in [3.8, 4) is 22.6 Å². The molecule has 0 fully saturated rings. The number of rotatable bonds is 4. The summed E-state index contributed by atoms with van der Waals surface area (Å²) in [6.07, 6.45) is 2.98. The van der Waals surface area contributed by atoms with E-state index in [1.807, 2.05) is 12.1 Å². The van der Waals surface area contributed by atoms with Gasteiger partial charge >= 0.3 is 0 Å². The van der Waals surface area contributed by atoms with E-state index in [1.54, 1.807) is 42.6 Å². The molecule has 1 N–H and O–H groups in total. The van der Waals surface area contributed by atoms with Crippen LogP contribution in [0.1, 0.15) is 10.6 Å². The van der Waals surface area contributed by atoms with E-state index in [0.29, 0.717) is 22.8 Å². The fourth-order valence-electron chi connectivity index (χ4n) is 2.50. The first-order valence-electron chi connectivity index (χ1n) is 7.85. The van der Waals surface area contributed by atoms with E-state index in [4.69, 9.17) is 8.83 Å². The van der Waals surface area contributed by atoms with E-state index < -0.39 is 0 Å². The fourth-order valence-corrected chi connectivity index (χ4v) is 2.50. The number of amides is 1. The SMILES string of the molecule is O=C(Nc1ccc(-c2cnco2)cc1)c1ccc(-c2ccc(F)cc2)o1. The van der Waals surface area contributed by atoms with Gasteiger partial charge < -0.3 is 14.2 Å². The van der Waals surface area contributed by atoms with E-state index in [0.717, 1.165) is 5.56 Å². The van der Waals surface area contributed by atoms with Gasteiger partial charge in [0.15, 0.2) is 17.9 Å². The van der Waals surface area contributed by atoms with E-state index >= 15 is 0 Å². The number of oxazole rings is 1. The molecule has 0 saturated carbocycles. The number of benzene rings is 2. The highest BCUT2D eigenvalue weighted by atomic mass is 19.1. The monoisotopic (exact) mass is 348 g/mol. The van der Waals surface area contributed by atoms with Crippen LogP contribution in [0.3, 0.4) is 0 Å². The Labute approximate surface area is 148 Å². The summed E-state index contributed by atoms with van der Waals surface area (Å²) in [5, 5.41) is 2.77. The summed E-state index contributed by atoms with van der Waals surface area (Å²) in [6, 6.07) is 16.3. The highest BCUT2D eigenvalue weighted by Gasteiger charge is 2.13. The molecule has 6 heteroatoms. The first-order chi connectivity index (χ1) is 12.7. The predicted octanol–water partition coefficient (Wildman–Crippen LogP) is 4.99. The molecule has 26 heavy (non-hydrogen) atoms. The summed E-state index contributed by atoms with van der Waals surface area (Å²) < 4.78 is 23.8. The maximum atomic E-state index is 13.0. The Hall–Kier alpha value is -3.67. The van der Waals surface area contributed by atoms with Crippen LogP contribution in [0, 0.1) is 5.82 Å². The van der Waals surface area contributed by atoms with Crippen molar-refractivity contribution in [1.82, 2.24) is 4.98 Å². The van der Waals surface area contributed by atoms with Gasteiger partial charge in [-0.1, -0.05) is 0 Å². The second kappa shape index (κ2) is 6.68. The average molecular weight is 348 g/mol. The summed E-state index contributed by atoms with van der Waals surface area (Å²) in [6.45, 7) is 0. The largest absolute Gasteiger partial charge is 0.451 e. The summed E-state index contributed by atoms with van der Waals surface area (Å²) in [7, 11) is 0.